The predicted molar refractivity (Wildman–Crippen MR) is 136 cm³/mol. The lowest BCUT2D eigenvalue weighted by Crippen LogP contribution is -2.47. The van der Waals surface area contributed by atoms with Crippen LogP contribution in [0.15, 0.2) is 59.6 Å². The van der Waals surface area contributed by atoms with Crippen molar-refractivity contribution in [2.75, 3.05) is 33.7 Å². The fraction of sp³-hybridized carbons (Fsp3) is 0.417. The third kappa shape index (κ3) is 7.41. The van der Waals surface area contributed by atoms with Crippen LogP contribution in [0.4, 0.5) is 0 Å². The van der Waals surface area contributed by atoms with Crippen molar-refractivity contribution in [3.63, 3.8) is 0 Å². The Kier molecular flexibility index (Phi) is 10.1. The van der Waals surface area contributed by atoms with Crippen molar-refractivity contribution >= 4 is 35.8 Å². The van der Waals surface area contributed by atoms with Gasteiger partial charge in [0.25, 0.3) is 5.91 Å². The van der Waals surface area contributed by atoms with Crippen molar-refractivity contribution in [2.24, 2.45) is 4.99 Å². The van der Waals surface area contributed by atoms with Crippen LogP contribution >= 0.6 is 24.0 Å². The maximum atomic E-state index is 12.0. The highest BCUT2D eigenvalue weighted by Gasteiger charge is 2.22. The molecule has 0 bridgehead atoms. The Labute approximate surface area is 202 Å². The maximum absolute atomic E-state index is 12.0. The third-order valence-electron chi connectivity index (χ3n) is 5.14. The molecule has 2 aromatic carbocycles. The number of benzene rings is 2. The summed E-state index contributed by atoms with van der Waals surface area (Å²) in [6.45, 7) is 5.33. The molecule has 1 aliphatic rings. The van der Waals surface area contributed by atoms with Crippen LogP contribution < -0.4 is 10.1 Å². The fourth-order valence-corrected chi connectivity index (χ4v) is 3.48. The number of nitrogens with one attached hydrogen (secondary N) is 1. The first-order valence-corrected chi connectivity index (χ1v) is 10.6. The van der Waals surface area contributed by atoms with Crippen LogP contribution in [0.25, 0.3) is 0 Å². The number of para-hydroxylation sites is 1. The van der Waals surface area contributed by atoms with Gasteiger partial charge in [-0.3, -0.25) is 4.79 Å². The fourth-order valence-electron chi connectivity index (χ4n) is 3.48. The molecule has 3 rings (SSSR count). The van der Waals surface area contributed by atoms with E-state index in [0.29, 0.717) is 12.1 Å². The third-order valence-corrected chi connectivity index (χ3v) is 5.14. The minimum atomic E-state index is 0. The molecule has 2 aromatic rings. The average molecular weight is 536 g/mol. The van der Waals surface area contributed by atoms with Crippen molar-refractivity contribution in [3.8, 4) is 5.75 Å². The highest BCUT2D eigenvalue weighted by atomic mass is 127. The Bertz CT molecular complexity index is 832. The quantitative estimate of drug-likeness (QED) is 0.345. The first kappa shape index (κ1) is 25.0. The Balaban J connectivity index is 0.00000341. The van der Waals surface area contributed by atoms with E-state index in [1.165, 1.54) is 0 Å². The van der Waals surface area contributed by atoms with Crippen LogP contribution in [-0.2, 0) is 6.54 Å². The summed E-state index contributed by atoms with van der Waals surface area (Å²) < 4.78 is 6.10. The number of guanidine groups is 1. The molecule has 1 aliphatic heterocycles. The van der Waals surface area contributed by atoms with E-state index in [1.54, 1.807) is 19.0 Å². The van der Waals surface area contributed by atoms with E-state index in [2.05, 4.69) is 17.1 Å². The average Bonchev–Trinajstić information content (AvgIpc) is 2.78. The normalized spacial score (nSPS) is 14.5. The number of nitrogens with zero attached hydrogens (tertiary/aromatic N) is 3. The number of hydrogen-bond donors (Lipinski definition) is 1. The van der Waals surface area contributed by atoms with Crippen molar-refractivity contribution in [2.45, 2.75) is 32.4 Å². The second-order valence-corrected chi connectivity index (χ2v) is 7.68. The first-order chi connectivity index (χ1) is 14.6. The van der Waals surface area contributed by atoms with Crippen LogP contribution in [0.5, 0.6) is 5.75 Å². The molecule has 0 atom stereocenters. The number of piperidine rings is 1. The number of amides is 1. The molecule has 0 spiro atoms. The minimum absolute atomic E-state index is 0. The van der Waals surface area contributed by atoms with E-state index < -0.39 is 0 Å². The second kappa shape index (κ2) is 12.5. The first-order valence-electron chi connectivity index (χ1n) is 10.6. The zero-order chi connectivity index (χ0) is 21.3. The lowest BCUT2D eigenvalue weighted by molar-refractivity contribution is 0.0827. The van der Waals surface area contributed by atoms with Gasteiger partial charge in [-0.05, 0) is 36.8 Å². The number of ether oxygens (including phenoxy) is 1. The van der Waals surface area contributed by atoms with E-state index in [-0.39, 0.29) is 36.0 Å². The molecule has 0 aliphatic carbocycles. The van der Waals surface area contributed by atoms with E-state index >= 15 is 0 Å². The molecule has 6 nitrogen and oxygen atoms in total. The maximum Gasteiger partial charge on any atom is 0.253 e. The monoisotopic (exact) mass is 536 g/mol. The van der Waals surface area contributed by atoms with E-state index in [1.807, 2.05) is 54.6 Å². The van der Waals surface area contributed by atoms with Crippen LogP contribution in [0, 0.1) is 0 Å². The van der Waals surface area contributed by atoms with Gasteiger partial charge in [-0.25, -0.2) is 4.99 Å². The molecule has 1 amide bonds. The van der Waals surface area contributed by atoms with Gasteiger partial charge in [0.1, 0.15) is 11.9 Å². The predicted octanol–water partition coefficient (Wildman–Crippen LogP) is 4.02. The van der Waals surface area contributed by atoms with Gasteiger partial charge < -0.3 is 19.9 Å². The van der Waals surface area contributed by atoms with Gasteiger partial charge in [0.2, 0.25) is 0 Å². The summed E-state index contributed by atoms with van der Waals surface area (Å²) in [6.07, 6.45) is 2.19. The van der Waals surface area contributed by atoms with Gasteiger partial charge in [0.05, 0.1) is 6.54 Å². The van der Waals surface area contributed by atoms with Gasteiger partial charge in [-0.1, -0.05) is 30.3 Å². The summed E-state index contributed by atoms with van der Waals surface area (Å²) in [5, 5.41) is 3.41. The zero-order valence-electron chi connectivity index (χ0n) is 18.6. The molecular weight excluding hydrogens is 503 g/mol. The zero-order valence-corrected chi connectivity index (χ0v) is 20.9. The highest BCUT2D eigenvalue weighted by Crippen LogP contribution is 2.19. The molecule has 1 saturated heterocycles. The summed E-state index contributed by atoms with van der Waals surface area (Å²) in [5.41, 5.74) is 1.78. The number of carbonyl (C=O) groups is 1. The Morgan fingerprint density at radius 3 is 2.32 bits per heavy atom. The van der Waals surface area contributed by atoms with Crippen molar-refractivity contribution in [1.29, 1.82) is 0 Å². The topological polar surface area (TPSA) is 57.2 Å². The standard InChI is InChI=1S/C24H32N4O2.HI/c1-4-25-24(26-18-19-10-12-20(13-11-19)23(29)27(2)3)28-16-14-22(15-17-28)30-21-8-6-5-7-9-21;/h5-13,22H,4,14-18H2,1-3H3,(H,25,26);1H. The number of hydrogen-bond acceptors (Lipinski definition) is 3. The largest absolute Gasteiger partial charge is 0.490 e. The molecule has 1 heterocycles. The molecule has 1 fully saturated rings. The molecule has 0 unspecified atom stereocenters. The summed E-state index contributed by atoms with van der Waals surface area (Å²) >= 11 is 0. The van der Waals surface area contributed by atoms with E-state index in [9.17, 15) is 4.79 Å². The van der Waals surface area contributed by atoms with E-state index in [4.69, 9.17) is 9.73 Å². The summed E-state index contributed by atoms with van der Waals surface area (Å²) in [4.78, 5) is 20.7. The number of aliphatic imine (C=N–C) groups is 1. The molecule has 0 saturated carbocycles. The molecule has 0 aromatic heterocycles. The molecule has 7 heteroatoms. The van der Waals surface area contributed by atoms with Gasteiger partial charge >= 0.3 is 0 Å². The van der Waals surface area contributed by atoms with Crippen molar-refractivity contribution in [3.05, 3.63) is 65.7 Å². The Hall–Kier alpha value is -2.29. The molecule has 0 radical (unpaired) electrons. The summed E-state index contributed by atoms with van der Waals surface area (Å²) in [7, 11) is 3.52. The van der Waals surface area contributed by atoms with Gasteiger partial charge in [0.15, 0.2) is 5.96 Å². The highest BCUT2D eigenvalue weighted by molar-refractivity contribution is 14.0. The summed E-state index contributed by atoms with van der Waals surface area (Å²) in [5.74, 6) is 1.89. The van der Waals surface area contributed by atoms with Crippen LogP contribution in [0.2, 0.25) is 0 Å². The lowest BCUT2D eigenvalue weighted by Gasteiger charge is -2.34. The number of rotatable bonds is 6. The molecule has 1 N–H and O–H groups in total. The summed E-state index contributed by atoms with van der Waals surface area (Å²) in [6, 6.07) is 17.7. The van der Waals surface area contributed by atoms with Crippen molar-refractivity contribution < 1.29 is 9.53 Å². The van der Waals surface area contributed by atoms with Gasteiger partial charge in [-0.2, -0.15) is 0 Å². The van der Waals surface area contributed by atoms with Crippen LogP contribution in [0.3, 0.4) is 0 Å². The number of halogens is 1. The Morgan fingerprint density at radius 2 is 1.74 bits per heavy atom. The lowest BCUT2D eigenvalue weighted by atomic mass is 10.1. The van der Waals surface area contributed by atoms with Crippen LogP contribution in [-0.4, -0.2) is 61.5 Å². The number of likely N-dealkylation sites (tertiary alicyclic amines) is 1. The van der Waals surface area contributed by atoms with E-state index in [0.717, 1.165) is 49.7 Å². The van der Waals surface area contributed by atoms with Crippen molar-refractivity contribution in [1.82, 2.24) is 15.1 Å². The SMILES string of the molecule is CCNC(=NCc1ccc(C(=O)N(C)C)cc1)N1CCC(Oc2ccccc2)CC1.I. The minimum Gasteiger partial charge on any atom is -0.490 e. The molecular formula is C24H33IN4O2. The second-order valence-electron chi connectivity index (χ2n) is 7.68. The van der Waals surface area contributed by atoms with Gasteiger partial charge in [-0.15, -0.1) is 24.0 Å². The van der Waals surface area contributed by atoms with Gasteiger partial charge in [0, 0.05) is 52.1 Å². The molecule has 168 valence electrons. The Morgan fingerprint density at radius 1 is 1.10 bits per heavy atom. The smallest absolute Gasteiger partial charge is 0.253 e. The molecule has 31 heavy (non-hydrogen) atoms. The van der Waals surface area contributed by atoms with Crippen LogP contribution in [0.1, 0.15) is 35.7 Å². The number of carbonyl (C=O) groups excluding carboxylic acids is 1.